The summed E-state index contributed by atoms with van der Waals surface area (Å²) in [5, 5.41) is 11.5. The van der Waals surface area contributed by atoms with E-state index in [-0.39, 0.29) is 18.1 Å². The average Bonchev–Trinajstić information content (AvgIpc) is 2.43. The van der Waals surface area contributed by atoms with Crippen LogP contribution in [0, 0.1) is 11.3 Å². The summed E-state index contributed by atoms with van der Waals surface area (Å²) < 4.78 is 43.0. The lowest BCUT2D eigenvalue weighted by Crippen LogP contribution is -2.11. The number of benzene rings is 1. The van der Waals surface area contributed by atoms with E-state index in [9.17, 15) is 18.0 Å². The van der Waals surface area contributed by atoms with Crippen LogP contribution in [0.15, 0.2) is 18.2 Å². The Morgan fingerprint density at radius 2 is 2.14 bits per heavy atom. The number of rotatable bonds is 6. The molecule has 1 aromatic rings. The highest BCUT2D eigenvalue weighted by molar-refractivity contribution is 5.69. The highest BCUT2D eigenvalue weighted by Crippen LogP contribution is 2.33. The molecule has 0 spiro atoms. The standard InChI is InChI=1S/C14H15F3N2O2/c1-2-21-13(20)4-3-7-19-11-6-5-10(9-18)12(8-11)14(15,16)17/h5-6,8,19H,2-4,7H2,1H3. The molecule has 0 amide bonds. The Morgan fingerprint density at radius 1 is 1.43 bits per heavy atom. The van der Waals surface area contributed by atoms with E-state index >= 15 is 0 Å². The number of hydrogen-bond donors (Lipinski definition) is 1. The molecular formula is C14H15F3N2O2. The first kappa shape index (κ1) is 16.8. The summed E-state index contributed by atoms with van der Waals surface area (Å²) in [5.41, 5.74) is -1.13. The Bertz CT molecular complexity index is 536. The molecule has 7 heteroatoms. The first-order chi connectivity index (χ1) is 9.88. The van der Waals surface area contributed by atoms with E-state index < -0.39 is 17.3 Å². The molecule has 0 atom stereocenters. The number of nitrogens with zero attached hydrogens (tertiary/aromatic N) is 1. The van der Waals surface area contributed by atoms with E-state index in [4.69, 9.17) is 10.00 Å². The lowest BCUT2D eigenvalue weighted by Gasteiger charge is -2.12. The van der Waals surface area contributed by atoms with Crippen molar-refractivity contribution in [2.45, 2.75) is 25.9 Å². The summed E-state index contributed by atoms with van der Waals surface area (Å²) in [6.45, 7) is 2.34. The van der Waals surface area contributed by atoms with E-state index in [0.29, 0.717) is 19.6 Å². The summed E-state index contributed by atoms with van der Waals surface area (Å²) in [6, 6.07) is 4.93. The second-order valence-corrected chi connectivity index (χ2v) is 4.21. The number of nitrogens with one attached hydrogen (secondary N) is 1. The highest BCUT2D eigenvalue weighted by Gasteiger charge is 2.33. The highest BCUT2D eigenvalue weighted by atomic mass is 19.4. The first-order valence-corrected chi connectivity index (χ1v) is 6.39. The van der Waals surface area contributed by atoms with Gasteiger partial charge in [0, 0.05) is 18.7 Å². The second kappa shape index (κ2) is 7.53. The van der Waals surface area contributed by atoms with Gasteiger partial charge in [0.05, 0.1) is 23.8 Å². The molecule has 0 aliphatic heterocycles. The molecular weight excluding hydrogens is 285 g/mol. The first-order valence-electron chi connectivity index (χ1n) is 6.39. The molecule has 114 valence electrons. The Morgan fingerprint density at radius 3 is 2.71 bits per heavy atom. The molecule has 1 aromatic carbocycles. The van der Waals surface area contributed by atoms with Gasteiger partial charge in [-0.25, -0.2) is 0 Å². The van der Waals surface area contributed by atoms with Gasteiger partial charge in [0.1, 0.15) is 0 Å². The Hall–Kier alpha value is -2.23. The minimum Gasteiger partial charge on any atom is -0.466 e. The van der Waals surface area contributed by atoms with E-state index in [0.717, 1.165) is 12.1 Å². The predicted molar refractivity (Wildman–Crippen MR) is 70.5 cm³/mol. The lowest BCUT2D eigenvalue weighted by atomic mass is 10.1. The van der Waals surface area contributed by atoms with Crippen LogP contribution in [-0.4, -0.2) is 19.1 Å². The van der Waals surface area contributed by atoms with Crippen molar-refractivity contribution < 1.29 is 22.7 Å². The zero-order chi connectivity index (χ0) is 15.9. The molecule has 0 heterocycles. The lowest BCUT2D eigenvalue weighted by molar-refractivity contribution is -0.143. The Balaban J connectivity index is 2.61. The summed E-state index contributed by atoms with van der Waals surface area (Å²) in [7, 11) is 0. The maximum Gasteiger partial charge on any atom is 0.417 e. The maximum absolute atomic E-state index is 12.8. The van der Waals surface area contributed by atoms with Gasteiger partial charge in [-0.15, -0.1) is 0 Å². The molecule has 0 aromatic heterocycles. The monoisotopic (exact) mass is 300 g/mol. The molecule has 0 bridgehead atoms. The number of hydrogen-bond acceptors (Lipinski definition) is 4. The van der Waals surface area contributed by atoms with Crippen LogP contribution in [0.2, 0.25) is 0 Å². The van der Waals surface area contributed by atoms with Crippen molar-refractivity contribution >= 4 is 11.7 Å². The van der Waals surface area contributed by atoms with Crippen LogP contribution in [0.3, 0.4) is 0 Å². The molecule has 0 radical (unpaired) electrons. The Labute approximate surface area is 120 Å². The summed E-state index contributed by atoms with van der Waals surface area (Å²) in [4.78, 5) is 11.1. The zero-order valence-electron chi connectivity index (χ0n) is 11.5. The van der Waals surface area contributed by atoms with Gasteiger partial charge in [-0.1, -0.05) is 0 Å². The second-order valence-electron chi connectivity index (χ2n) is 4.21. The van der Waals surface area contributed by atoms with Crippen LogP contribution in [0.1, 0.15) is 30.9 Å². The predicted octanol–water partition coefficient (Wildman–Crippen LogP) is 3.33. The fraction of sp³-hybridized carbons (Fsp3) is 0.429. The van der Waals surface area contributed by atoms with Crippen molar-refractivity contribution in [3.05, 3.63) is 29.3 Å². The van der Waals surface area contributed by atoms with Crippen molar-refractivity contribution in [2.24, 2.45) is 0 Å². The maximum atomic E-state index is 12.8. The van der Waals surface area contributed by atoms with Crippen LogP contribution >= 0.6 is 0 Å². The minimum atomic E-state index is -4.58. The molecule has 4 nitrogen and oxygen atoms in total. The zero-order valence-corrected chi connectivity index (χ0v) is 11.5. The smallest absolute Gasteiger partial charge is 0.417 e. The normalized spacial score (nSPS) is 10.8. The van der Waals surface area contributed by atoms with Gasteiger partial charge in [-0.05, 0) is 31.5 Å². The molecule has 0 fully saturated rings. The molecule has 0 aliphatic carbocycles. The van der Waals surface area contributed by atoms with E-state index in [1.165, 1.54) is 12.1 Å². The van der Waals surface area contributed by atoms with Gasteiger partial charge in [-0.3, -0.25) is 4.79 Å². The van der Waals surface area contributed by atoms with Crippen LogP contribution in [-0.2, 0) is 15.7 Å². The Kier molecular flexibility index (Phi) is 6.03. The number of carbonyl (C=O) groups is 1. The topological polar surface area (TPSA) is 62.1 Å². The number of anilines is 1. The third-order valence-electron chi connectivity index (χ3n) is 2.64. The fourth-order valence-corrected chi connectivity index (χ4v) is 1.68. The number of nitriles is 1. The van der Waals surface area contributed by atoms with Crippen molar-refractivity contribution in [3.63, 3.8) is 0 Å². The molecule has 21 heavy (non-hydrogen) atoms. The quantitative estimate of drug-likeness (QED) is 0.646. The number of alkyl halides is 3. The summed E-state index contributed by atoms with van der Waals surface area (Å²) in [5.74, 6) is -0.338. The van der Waals surface area contributed by atoms with Gasteiger partial charge in [0.25, 0.3) is 0 Å². The van der Waals surface area contributed by atoms with Crippen molar-refractivity contribution in [1.29, 1.82) is 5.26 Å². The van der Waals surface area contributed by atoms with Crippen LogP contribution < -0.4 is 5.32 Å². The van der Waals surface area contributed by atoms with E-state index in [2.05, 4.69) is 5.32 Å². The van der Waals surface area contributed by atoms with Crippen molar-refractivity contribution in [1.82, 2.24) is 0 Å². The van der Waals surface area contributed by atoms with E-state index in [1.54, 1.807) is 6.92 Å². The molecule has 0 saturated heterocycles. The fourth-order valence-electron chi connectivity index (χ4n) is 1.68. The third-order valence-corrected chi connectivity index (χ3v) is 2.64. The van der Waals surface area contributed by atoms with Gasteiger partial charge in [0.2, 0.25) is 0 Å². The van der Waals surface area contributed by atoms with Gasteiger partial charge < -0.3 is 10.1 Å². The van der Waals surface area contributed by atoms with Crippen molar-refractivity contribution in [2.75, 3.05) is 18.5 Å². The minimum absolute atomic E-state index is 0.198. The van der Waals surface area contributed by atoms with E-state index in [1.807, 2.05) is 0 Å². The van der Waals surface area contributed by atoms with Crippen molar-refractivity contribution in [3.8, 4) is 6.07 Å². The van der Waals surface area contributed by atoms with Gasteiger partial charge in [0.15, 0.2) is 0 Å². The third kappa shape index (κ3) is 5.34. The van der Waals surface area contributed by atoms with Gasteiger partial charge in [-0.2, -0.15) is 18.4 Å². The number of esters is 1. The SMILES string of the molecule is CCOC(=O)CCCNc1ccc(C#N)c(C(F)(F)F)c1. The molecule has 0 unspecified atom stereocenters. The molecule has 1 rings (SSSR count). The number of carbonyl (C=O) groups excluding carboxylic acids is 1. The average molecular weight is 300 g/mol. The van der Waals surface area contributed by atoms with Crippen LogP contribution in [0.5, 0.6) is 0 Å². The summed E-state index contributed by atoms with van der Waals surface area (Å²) >= 11 is 0. The summed E-state index contributed by atoms with van der Waals surface area (Å²) in [6.07, 6.45) is -3.93. The van der Waals surface area contributed by atoms with Gasteiger partial charge >= 0.3 is 12.1 Å². The molecule has 1 N–H and O–H groups in total. The van der Waals surface area contributed by atoms with Crippen LogP contribution in [0.25, 0.3) is 0 Å². The molecule has 0 saturated carbocycles. The largest absolute Gasteiger partial charge is 0.466 e. The number of halogens is 3. The molecule has 0 aliphatic rings. The number of ether oxygens (including phenoxy) is 1. The van der Waals surface area contributed by atoms with Crippen LogP contribution in [0.4, 0.5) is 18.9 Å².